The highest BCUT2D eigenvalue weighted by atomic mass is 16.5. The van der Waals surface area contributed by atoms with E-state index in [1.54, 1.807) is 0 Å². The normalized spacial score (nSPS) is 10.5. The Kier molecular flexibility index (Phi) is 15.8. The molecule has 0 radical (unpaired) electrons. The molecule has 4 heteroatoms. The van der Waals surface area contributed by atoms with Gasteiger partial charge in [-0.2, -0.15) is 0 Å². The number of quaternary nitrogens is 1. The highest BCUT2D eigenvalue weighted by Crippen LogP contribution is 2.10. The Hall–Kier alpha value is -0.770. The van der Waals surface area contributed by atoms with Crippen LogP contribution in [0.3, 0.4) is 0 Å². The summed E-state index contributed by atoms with van der Waals surface area (Å²) >= 11 is 0. The summed E-state index contributed by atoms with van der Waals surface area (Å²) in [6.07, 6.45) is 7.79. The number of nitrogens with one attached hydrogen (secondary N) is 1. The lowest BCUT2D eigenvalue weighted by Gasteiger charge is -2.34. The van der Waals surface area contributed by atoms with Crippen molar-refractivity contribution >= 4 is 6.09 Å². The summed E-state index contributed by atoms with van der Waals surface area (Å²) in [5, 5.41) is 2.25. The predicted octanol–water partition coefficient (Wildman–Crippen LogP) is 3.81. The summed E-state index contributed by atoms with van der Waals surface area (Å²) in [5.41, 5.74) is 0. The third-order valence-electron chi connectivity index (χ3n) is 3.54. The largest absolute Gasteiger partial charge is 0.453 e. The van der Waals surface area contributed by atoms with Gasteiger partial charge in [-0.25, -0.2) is 4.79 Å². The third-order valence-corrected chi connectivity index (χ3v) is 3.54. The van der Waals surface area contributed by atoms with Crippen molar-refractivity contribution in [3.63, 3.8) is 0 Å². The van der Waals surface area contributed by atoms with Gasteiger partial charge in [0.25, 0.3) is 0 Å². The van der Waals surface area contributed by atoms with Gasteiger partial charge in [0.15, 0.2) is 0 Å². The number of alkyl carbamates (subject to hydrolysis) is 1. The third kappa shape index (κ3) is 13.7. The molecular formula is C16H37N2O2+. The van der Waals surface area contributed by atoms with Gasteiger partial charge >= 0.3 is 6.09 Å². The molecule has 0 rings (SSSR count). The molecule has 20 heavy (non-hydrogen) atoms. The summed E-state index contributed by atoms with van der Waals surface area (Å²) in [6, 6.07) is 0. The van der Waals surface area contributed by atoms with E-state index in [0.717, 1.165) is 0 Å². The standard InChI is InChI=1S/C13H30N.C3H7NO2/c1-5-8-11-14(4,12-9-6-2)13-10-7-3;1-4-3(5)6-2/h5-13H2,1-4H3;1-2H3,(H,4,5)/q+1;. The molecule has 0 aliphatic carbocycles. The van der Waals surface area contributed by atoms with Crippen LogP contribution in [0.4, 0.5) is 4.79 Å². The Bertz CT molecular complexity index is 193. The van der Waals surface area contributed by atoms with Crippen LogP contribution in [0.25, 0.3) is 0 Å². The zero-order chi connectivity index (χ0) is 15.9. The van der Waals surface area contributed by atoms with Crippen LogP contribution in [0.2, 0.25) is 0 Å². The first kappa shape index (κ1) is 21.5. The first-order valence-corrected chi connectivity index (χ1v) is 8.08. The number of carbonyl (C=O) groups excluding carboxylic acids is 1. The molecule has 0 bridgehead atoms. The van der Waals surface area contributed by atoms with E-state index < -0.39 is 6.09 Å². The van der Waals surface area contributed by atoms with Crippen LogP contribution in [-0.2, 0) is 4.74 Å². The number of hydrogen-bond donors (Lipinski definition) is 1. The average Bonchev–Trinajstić information content (AvgIpc) is 2.49. The van der Waals surface area contributed by atoms with Gasteiger partial charge in [0, 0.05) is 7.05 Å². The van der Waals surface area contributed by atoms with Crippen molar-refractivity contribution in [2.75, 3.05) is 40.8 Å². The van der Waals surface area contributed by atoms with Gasteiger partial charge < -0.3 is 14.5 Å². The molecule has 1 N–H and O–H groups in total. The van der Waals surface area contributed by atoms with Crippen LogP contribution in [0, 0.1) is 0 Å². The van der Waals surface area contributed by atoms with Crippen molar-refractivity contribution in [2.45, 2.75) is 59.3 Å². The molecular weight excluding hydrogens is 252 g/mol. The molecule has 0 saturated carbocycles. The number of rotatable bonds is 9. The van der Waals surface area contributed by atoms with E-state index in [4.69, 9.17) is 0 Å². The molecule has 0 aromatic carbocycles. The van der Waals surface area contributed by atoms with Crippen LogP contribution in [0.15, 0.2) is 0 Å². The first-order chi connectivity index (χ1) is 9.49. The Morgan fingerprint density at radius 1 is 0.950 bits per heavy atom. The van der Waals surface area contributed by atoms with E-state index in [0.29, 0.717) is 0 Å². The minimum absolute atomic E-state index is 0.407. The monoisotopic (exact) mass is 289 g/mol. The summed E-state index contributed by atoms with van der Waals surface area (Å²) in [7, 11) is 5.27. The number of carbonyl (C=O) groups is 1. The summed E-state index contributed by atoms with van der Waals surface area (Å²) in [5.74, 6) is 0. The highest BCUT2D eigenvalue weighted by Gasteiger charge is 2.18. The lowest BCUT2D eigenvalue weighted by Crippen LogP contribution is -2.46. The molecule has 1 amide bonds. The number of unbranched alkanes of at least 4 members (excludes halogenated alkanes) is 3. The molecule has 0 aliphatic rings. The Morgan fingerprint density at radius 2 is 1.30 bits per heavy atom. The van der Waals surface area contributed by atoms with Crippen molar-refractivity contribution in [1.29, 1.82) is 0 Å². The average molecular weight is 289 g/mol. The maximum atomic E-state index is 9.85. The summed E-state index contributed by atoms with van der Waals surface area (Å²) in [4.78, 5) is 9.85. The quantitative estimate of drug-likeness (QED) is 0.656. The van der Waals surface area contributed by atoms with Crippen LogP contribution >= 0.6 is 0 Å². The molecule has 122 valence electrons. The van der Waals surface area contributed by atoms with Crippen LogP contribution in [-0.4, -0.2) is 51.4 Å². The van der Waals surface area contributed by atoms with Gasteiger partial charge in [0.2, 0.25) is 0 Å². The second kappa shape index (κ2) is 14.6. The fraction of sp³-hybridized carbons (Fsp3) is 0.938. The van der Waals surface area contributed by atoms with Gasteiger partial charge in [-0.1, -0.05) is 40.0 Å². The fourth-order valence-corrected chi connectivity index (χ4v) is 2.06. The summed E-state index contributed by atoms with van der Waals surface area (Å²) < 4.78 is 5.46. The lowest BCUT2D eigenvalue weighted by atomic mass is 10.2. The molecule has 0 heterocycles. The molecule has 4 nitrogen and oxygen atoms in total. The van der Waals surface area contributed by atoms with E-state index in [1.807, 2.05) is 0 Å². The Labute approximate surface area is 126 Å². The van der Waals surface area contributed by atoms with Gasteiger partial charge in [-0.15, -0.1) is 0 Å². The zero-order valence-corrected chi connectivity index (χ0v) is 14.6. The van der Waals surface area contributed by atoms with Crippen LogP contribution < -0.4 is 5.32 Å². The van der Waals surface area contributed by atoms with Crippen molar-refractivity contribution in [3.8, 4) is 0 Å². The number of methoxy groups -OCH3 is 1. The second-order valence-electron chi connectivity index (χ2n) is 5.59. The van der Waals surface area contributed by atoms with E-state index in [9.17, 15) is 4.79 Å². The van der Waals surface area contributed by atoms with Gasteiger partial charge in [-0.05, 0) is 19.3 Å². The molecule has 0 aromatic heterocycles. The number of nitrogens with zero attached hydrogens (tertiary/aromatic N) is 1. The van der Waals surface area contributed by atoms with Crippen molar-refractivity contribution in [1.82, 2.24) is 5.32 Å². The smallest absolute Gasteiger partial charge is 0.406 e. The number of ether oxygens (including phenoxy) is 1. The number of amides is 1. The van der Waals surface area contributed by atoms with E-state index in [2.05, 4.69) is 37.9 Å². The molecule has 0 fully saturated rings. The molecule has 0 saturated heterocycles. The second-order valence-corrected chi connectivity index (χ2v) is 5.59. The van der Waals surface area contributed by atoms with E-state index in [1.165, 1.54) is 76.8 Å². The first-order valence-electron chi connectivity index (χ1n) is 8.08. The van der Waals surface area contributed by atoms with Crippen LogP contribution in [0.1, 0.15) is 59.3 Å². The predicted molar refractivity (Wildman–Crippen MR) is 87.0 cm³/mol. The van der Waals surface area contributed by atoms with E-state index in [-0.39, 0.29) is 0 Å². The lowest BCUT2D eigenvalue weighted by molar-refractivity contribution is -0.910. The molecule has 0 spiro atoms. The molecule has 0 aliphatic heterocycles. The van der Waals surface area contributed by atoms with Crippen LogP contribution in [0.5, 0.6) is 0 Å². The van der Waals surface area contributed by atoms with E-state index >= 15 is 0 Å². The zero-order valence-electron chi connectivity index (χ0n) is 14.6. The minimum atomic E-state index is -0.407. The highest BCUT2D eigenvalue weighted by molar-refractivity contribution is 5.66. The topological polar surface area (TPSA) is 38.3 Å². The van der Waals surface area contributed by atoms with Crippen molar-refractivity contribution in [2.24, 2.45) is 0 Å². The maximum absolute atomic E-state index is 9.85. The minimum Gasteiger partial charge on any atom is -0.453 e. The Morgan fingerprint density at radius 3 is 1.45 bits per heavy atom. The van der Waals surface area contributed by atoms with Crippen molar-refractivity contribution < 1.29 is 14.0 Å². The van der Waals surface area contributed by atoms with Gasteiger partial charge in [0.1, 0.15) is 0 Å². The molecule has 0 aromatic rings. The van der Waals surface area contributed by atoms with Crippen molar-refractivity contribution in [3.05, 3.63) is 0 Å². The Balaban J connectivity index is 0. The molecule has 0 unspecified atom stereocenters. The fourth-order valence-electron chi connectivity index (χ4n) is 2.06. The molecule has 0 atom stereocenters. The van der Waals surface area contributed by atoms with Gasteiger partial charge in [-0.3, -0.25) is 0 Å². The number of hydrogen-bond acceptors (Lipinski definition) is 2. The maximum Gasteiger partial charge on any atom is 0.406 e. The SMILES string of the molecule is CCCC[N+](C)(CCCC)CCCC.CNC(=O)OC. The summed E-state index contributed by atoms with van der Waals surface area (Å²) in [6.45, 7) is 11.0. The van der Waals surface area contributed by atoms with Gasteiger partial charge in [0.05, 0.1) is 33.8 Å².